The van der Waals surface area contributed by atoms with Crippen molar-refractivity contribution in [3.8, 4) is 17.1 Å². The zero-order valence-corrected chi connectivity index (χ0v) is 16.1. The Kier molecular flexibility index (Phi) is 5.41. The van der Waals surface area contributed by atoms with Crippen LogP contribution in [0, 0.1) is 0 Å². The highest BCUT2D eigenvalue weighted by molar-refractivity contribution is 6.35. The molecule has 0 spiro atoms. The minimum absolute atomic E-state index is 0.00221. The molecule has 1 N–H and O–H groups in total. The molecule has 29 heavy (non-hydrogen) atoms. The third-order valence-electron chi connectivity index (χ3n) is 3.86. The highest BCUT2D eigenvalue weighted by Crippen LogP contribution is 2.26. The Morgan fingerprint density at radius 2 is 1.83 bits per heavy atom. The van der Waals surface area contributed by atoms with E-state index in [-0.39, 0.29) is 5.75 Å². The maximum absolute atomic E-state index is 12.2. The largest absolute Gasteiger partial charge is 0.433 e. The van der Waals surface area contributed by atoms with Crippen LogP contribution >= 0.6 is 23.2 Å². The molecule has 0 aliphatic heterocycles. The summed E-state index contributed by atoms with van der Waals surface area (Å²) < 4.78 is 30.2. The summed E-state index contributed by atoms with van der Waals surface area (Å²) in [5, 5.41) is 16.8. The van der Waals surface area contributed by atoms with Gasteiger partial charge in [-0.15, -0.1) is 15.3 Å². The van der Waals surface area contributed by atoms with Crippen LogP contribution in [0.25, 0.3) is 17.0 Å². The molecule has 0 fully saturated rings. The quantitative estimate of drug-likeness (QED) is 0.471. The molecule has 3 aromatic heterocycles. The summed E-state index contributed by atoms with van der Waals surface area (Å²) in [6.07, 6.45) is 1.24. The minimum atomic E-state index is -2.89. The maximum Gasteiger partial charge on any atom is 0.387 e. The number of aromatic nitrogens is 5. The lowest BCUT2D eigenvalue weighted by molar-refractivity contribution is -0.0500. The number of hydrogen-bond donors (Lipinski definition) is 1. The van der Waals surface area contributed by atoms with Gasteiger partial charge in [-0.2, -0.15) is 13.3 Å². The zero-order valence-electron chi connectivity index (χ0n) is 14.6. The third-order valence-corrected chi connectivity index (χ3v) is 4.29. The standard InChI is InChI=1S/C18H12Cl2F2N6O/c19-11-5-10(6-12(20)7-11)17-26-25-16-4-3-15(27-28(16)17)24-8-13-1-2-14(9-23-13)29-18(21)22/h1-7,9,18H,8H2,(H,24,27). The summed E-state index contributed by atoms with van der Waals surface area (Å²) >= 11 is 12.1. The zero-order chi connectivity index (χ0) is 20.4. The first-order chi connectivity index (χ1) is 14.0. The molecule has 4 rings (SSSR count). The molecule has 148 valence electrons. The number of fused-ring (bicyclic) bond motifs is 1. The predicted molar refractivity (Wildman–Crippen MR) is 104 cm³/mol. The van der Waals surface area contributed by atoms with Gasteiger partial charge in [0.1, 0.15) is 11.6 Å². The van der Waals surface area contributed by atoms with Crippen LogP contribution in [0.2, 0.25) is 10.0 Å². The van der Waals surface area contributed by atoms with Gasteiger partial charge in [0, 0.05) is 15.6 Å². The van der Waals surface area contributed by atoms with E-state index in [0.29, 0.717) is 45.1 Å². The number of alkyl halides is 2. The van der Waals surface area contributed by atoms with Gasteiger partial charge in [0.15, 0.2) is 11.5 Å². The van der Waals surface area contributed by atoms with E-state index in [0.717, 1.165) is 0 Å². The minimum Gasteiger partial charge on any atom is -0.433 e. The highest BCUT2D eigenvalue weighted by atomic mass is 35.5. The number of anilines is 1. The monoisotopic (exact) mass is 436 g/mol. The predicted octanol–water partition coefficient (Wildman–Crippen LogP) is 4.71. The van der Waals surface area contributed by atoms with Gasteiger partial charge in [0.25, 0.3) is 0 Å². The van der Waals surface area contributed by atoms with Crippen molar-refractivity contribution in [2.45, 2.75) is 13.2 Å². The molecule has 1 aromatic carbocycles. The van der Waals surface area contributed by atoms with E-state index in [1.54, 1.807) is 40.9 Å². The van der Waals surface area contributed by atoms with Gasteiger partial charge in [-0.25, -0.2) is 0 Å². The van der Waals surface area contributed by atoms with Crippen molar-refractivity contribution < 1.29 is 13.5 Å². The van der Waals surface area contributed by atoms with Crippen molar-refractivity contribution in [3.05, 3.63) is 64.4 Å². The van der Waals surface area contributed by atoms with E-state index in [1.165, 1.54) is 12.3 Å². The topological polar surface area (TPSA) is 77.2 Å². The van der Waals surface area contributed by atoms with E-state index in [9.17, 15) is 8.78 Å². The first-order valence-electron chi connectivity index (χ1n) is 8.30. The van der Waals surface area contributed by atoms with Crippen molar-refractivity contribution in [2.24, 2.45) is 0 Å². The second-order valence-corrected chi connectivity index (χ2v) is 6.76. The molecule has 0 saturated heterocycles. The smallest absolute Gasteiger partial charge is 0.387 e. The maximum atomic E-state index is 12.2. The first kappa shape index (κ1) is 19.3. The van der Waals surface area contributed by atoms with Crippen LogP contribution in [0.5, 0.6) is 5.75 Å². The van der Waals surface area contributed by atoms with Crippen molar-refractivity contribution >= 4 is 34.7 Å². The number of benzene rings is 1. The summed E-state index contributed by atoms with van der Waals surface area (Å²) in [4.78, 5) is 4.07. The Morgan fingerprint density at radius 1 is 1.03 bits per heavy atom. The molecular weight excluding hydrogens is 425 g/mol. The number of nitrogens with zero attached hydrogens (tertiary/aromatic N) is 5. The van der Waals surface area contributed by atoms with Gasteiger partial charge < -0.3 is 10.1 Å². The number of hydrogen-bond acceptors (Lipinski definition) is 6. The lowest BCUT2D eigenvalue weighted by atomic mass is 10.2. The van der Waals surface area contributed by atoms with Crippen LogP contribution in [-0.4, -0.2) is 31.4 Å². The van der Waals surface area contributed by atoms with Crippen LogP contribution in [0.1, 0.15) is 5.69 Å². The summed E-state index contributed by atoms with van der Waals surface area (Å²) in [6.45, 7) is -2.56. The highest BCUT2D eigenvalue weighted by Gasteiger charge is 2.12. The molecule has 0 radical (unpaired) electrons. The molecule has 0 bridgehead atoms. The number of halogens is 4. The lowest BCUT2D eigenvalue weighted by Gasteiger charge is -2.08. The van der Waals surface area contributed by atoms with Crippen molar-refractivity contribution in [3.63, 3.8) is 0 Å². The van der Waals surface area contributed by atoms with E-state index >= 15 is 0 Å². The second kappa shape index (κ2) is 8.14. The fourth-order valence-electron chi connectivity index (χ4n) is 2.62. The Bertz CT molecular complexity index is 1130. The lowest BCUT2D eigenvalue weighted by Crippen LogP contribution is -2.07. The van der Waals surface area contributed by atoms with E-state index in [1.807, 2.05) is 0 Å². The van der Waals surface area contributed by atoms with E-state index in [2.05, 4.69) is 30.3 Å². The van der Waals surface area contributed by atoms with Crippen LogP contribution in [0.15, 0.2) is 48.7 Å². The van der Waals surface area contributed by atoms with Crippen LogP contribution in [0.4, 0.5) is 14.6 Å². The number of pyridine rings is 1. The Labute approximate surface area is 173 Å². The second-order valence-electron chi connectivity index (χ2n) is 5.89. The number of nitrogens with one attached hydrogen (secondary N) is 1. The fraction of sp³-hybridized carbons (Fsp3) is 0.111. The molecular formula is C18H12Cl2F2N6O. The Balaban J connectivity index is 1.54. The average Bonchev–Trinajstić information content (AvgIpc) is 3.09. The summed E-state index contributed by atoms with van der Waals surface area (Å²) in [7, 11) is 0. The van der Waals surface area contributed by atoms with Crippen molar-refractivity contribution in [1.82, 2.24) is 24.8 Å². The van der Waals surface area contributed by atoms with E-state index in [4.69, 9.17) is 23.2 Å². The molecule has 0 atom stereocenters. The van der Waals surface area contributed by atoms with E-state index < -0.39 is 6.61 Å². The van der Waals surface area contributed by atoms with Crippen molar-refractivity contribution in [1.29, 1.82) is 0 Å². The van der Waals surface area contributed by atoms with Crippen LogP contribution < -0.4 is 10.1 Å². The van der Waals surface area contributed by atoms with Crippen LogP contribution in [-0.2, 0) is 6.54 Å². The molecule has 0 saturated carbocycles. The SMILES string of the molecule is FC(F)Oc1ccc(CNc2ccc3nnc(-c4cc(Cl)cc(Cl)c4)n3n2)nc1. The summed E-state index contributed by atoms with van der Waals surface area (Å²) in [6, 6.07) is 11.6. The summed E-state index contributed by atoms with van der Waals surface area (Å²) in [5.41, 5.74) is 1.85. The molecule has 0 aliphatic carbocycles. The number of ether oxygens (including phenoxy) is 1. The number of rotatable bonds is 6. The molecule has 11 heteroatoms. The summed E-state index contributed by atoms with van der Waals surface area (Å²) in [5.74, 6) is 1.03. The third kappa shape index (κ3) is 4.52. The van der Waals surface area contributed by atoms with Gasteiger partial charge in [0.05, 0.1) is 18.4 Å². The van der Waals surface area contributed by atoms with Gasteiger partial charge in [-0.1, -0.05) is 23.2 Å². The van der Waals surface area contributed by atoms with Gasteiger partial charge in [0.2, 0.25) is 0 Å². The molecule has 3 heterocycles. The molecule has 0 amide bonds. The van der Waals surface area contributed by atoms with Crippen LogP contribution in [0.3, 0.4) is 0 Å². The Morgan fingerprint density at radius 3 is 2.52 bits per heavy atom. The average molecular weight is 437 g/mol. The van der Waals surface area contributed by atoms with Gasteiger partial charge in [-0.3, -0.25) is 4.98 Å². The molecule has 0 unspecified atom stereocenters. The first-order valence-corrected chi connectivity index (χ1v) is 9.06. The van der Waals surface area contributed by atoms with Gasteiger partial charge in [-0.05, 0) is 42.5 Å². The fourth-order valence-corrected chi connectivity index (χ4v) is 3.14. The Hall–Kier alpha value is -3.04. The molecule has 7 nitrogen and oxygen atoms in total. The molecule has 4 aromatic rings. The normalized spacial score (nSPS) is 11.2. The van der Waals surface area contributed by atoms with Gasteiger partial charge >= 0.3 is 6.61 Å². The van der Waals surface area contributed by atoms with Crippen molar-refractivity contribution in [2.75, 3.05) is 5.32 Å². The molecule has 0 aliphatic rings.